The van der Waals surface area contributed by atoms with Crippen LogP contribution in [0, 0.1) is 0 Å². The highest BCUT2D eigenvalue weighted by Crippen LogP contribution is 2.35. The van der Waals surface area contributed by atoms with Crippen molar-refractivity contribution in [3.8, 4) is 17.2 Å². The molecular formula is C25H30N2O6. The Hall–Kier alpha value is -3.52. The first-order chi connectivity index (χ1) is 16.0. The lowest BCUT2D eigenvalue weighted by atomic mass is 10.0. The Morgan fingerprint density at radius 2 is 1.61 bits per heavy atom. The Morgan fingerprint density at radius 3 is 2.24 bits per heavy atom. The lowest BCUT2D eigenvalue weighted by molar-refractivity contribution is -0.137. The normalized spacial score (nSPS) is 13.5. The summed E-state index contributed by atoms with van der Waals surface area (Å²) in [7, 11) is 3.09. The Kier molecular flexibility index (Phi) is 8.32. The number of hydrogen-bond acceptors (Lipinski definition) is 7. The number of carbonyl (C=O) groups is 2. The molecular weight excluding hydrogens is 424 g/mol. The molecule has 8 heteroatoms. The molecule has 0 radical (unpaired) electrons. The predicted octanol–water partition coefficient (Wildman–Crippen LogP) is 3.72. The fourth-order valence-corrected chi connectivity index (χ4v) is 3.56. The highest BCUT2D eigenvalue weighted by Gasteiger charge is 2.39. The van der Waals surface area contributed by atoms with E-state index in [1.165, 1.54) is 12.0 Å². The highest BCUT2D eigenvalue weighted by molar-refractivity contribution is 6.36. The number of ether oxygens (including phenoxy) is 4. The summed E-state index contributed by atoms with van der Waals surface area (Å²) in [5.74, 6) is 1.04. The molecule has 8 nitrogen and oxygen atoms in total. The first kappa shape index (κ1) is 24.1. The van der Waals surface area contributed by atoms with E-state index in [2.05, 4.69) is 5.32 Å². The van der Waals surface area contributed by atoms with Crippen molar-refractivity contribution in [1.29, 1.82) is 0 Å². The predicted molar refractivity (Wildman–Crippen MR) is 126 cm³/mol. The molecule has 0 fully saturated rings. The number of hydrogen-bond donors (Lipinski definition) is 1. The Balaban J connectivity index is 2.00. The van der Waals surface area contributed by atoms with Crippen LogP contribution in [-0.4, -0.2) is 57.3 Å². The molecule has 0 aliphatic carbocycles. The van der Waals surface area contributed by atoms with Gasteiger partial charge >= 0.3 is 0 Å². The van der Waals surface area contributed by atoms with Crippen molar-refractivity contribution in [1.82, 2.24) is 4.90 Å². The summed E-state index contributed by atoms with van der Waals surface area (Å²) in [6.07, 6.45) is 0.553. The quantitative estimate of drug-likeness (QED) is 0.386. The first-order valence-electron chi connectivity index (χ1n) is 10.9. The van der Waals surface area contributed by atoms with E-state index >= 15 is 0 Å². The SMILES string of the molecule is CCOCCCN1C(=O)C(Nc2cc(OC)ccc2OC)=C(c2ccc(OCC)cc2)C1=O. The molecule has 1 aliphatic rings. The van der Waals surface area contributed by atoms with E-state index in [-0.39, 0.29) is 18.1 Å². The minimum absolute atomic E-state index is 0.187. The number of anilines is 1. The Morgan fingerprint density at radius 1 is 0.879 bits per heavy atom. The first-order valence-corrected chi connectivity index (χ1v) is 10.9. The standard InChI is InChI=1S/C25H30N2O6/c1-5-32-15-7-14-27-24(28)22(17-8-10-18(11-9-17)33-6-2)23(25(27)29)26-20-16-19(30-3)12-13-21(20)31-4/h8-13,16,26H,5-7,14-15H2,1-4H3. The molecule has 0 atom stereocenters. The van der Waals surface area contributed by atoms with Crippen LogP contribution in [0.1, 0.15) is 25.8 Å². The number of methoxy groups -OCH3 is 2. The molecule has 2 aromatic rings. The average Bonchev–Trinajstić information content (AvgIpc) is 3.06. The van der Waals surface area contributed by atoms with Crippen molar-refractivity contribution >= 4 is 23.1 Å². The second-order valence-corrected chi connectivity index (χ2v) is 7.21. The van der Waals surface area contributed by atoms with Crippen LogP contribution in [0.2, 0.25) is 0 Å². The zero-order chi connectivity index (χ0) is 23.8. The van der Waals surface area contributed by atoms with Gasteiger partial charge in [-0.05, 0) is 50.1 Å². The average molecular weight is 455 g/mol. The third-order valence-corrected chi connectivity index (χ3v) is 5.16. The summed E-state index contributed by atoms with van der Waals surface area (Å²) in [6.45, 7) is 5.66. The van der Waals surface area contributed by atoms with E-state index in [9.17, 15) is 9.59 Å². The van der Waals surface area contributed by atoms with Gasteiger partial charge in [-0.3, -0.25) is 14.5 Å². The fraction of sp³-hybridized carbons (Fsp3) is 0.360. The van der Waals surface area contributed by atoms with Crippen molar-refractivity contribution in [2.45, 2.75) is 20.3 Å². The lowest BCUT2D eigenvalue weighted by Crippen LogP contribution is -2.34. The van der Waals surface area contributed by atoms with Crippen LogP contribution in [-0.2, 0) is 14.3 Å². The van der Waals surface area contributed by atoms with Crippen LogP contribution in [0.5, 0.6) is 17.2 Å². The Labute approximate surface area is 194 Å². The summed E-state index contributed by atoms with van der Waals surface area (Å²) in [5, 5.41) is 3.14. The van der Waals surface area contributed by atoms with E-state index < -0.39 is 5.91 Å². The zero-order valence-electron chi connectivity index (χ0n) is 19.5. The van der Waals surface area contributed by atoms with Crippen molar-refractivity contribution in [2.75, 3.05) is 45.9 Å². The van der Waals surface area contributed by atoms with Gasteiger partial charge in [-0.25, -0.2) is 0 Å². The summed E-state index contributed by atoms with van der Waals surface area (Å²) in [5.41, 5.74) is 1.62. The maximum absolute atomic E-state index is 13.3. The van der Waals surface area contributed by atoms with E-state index in [4.69, 9.17) is 18.9 Å². The highest BCUT2D eigenvalue weighted by atomic mass is 16.5. The van der Waals surface area contributed by atoms with Crippen LogP contribution in [0.4, 0.5) is 5.69 Å². The molecule has 1 aliphatic heterocycles. The smallest absolute Gasteiger partial charge is 0.278 e. The van der Waals surface area contributed by atoms with Gasteiger partial charge in [0.1, 0.15) is 22.9 Å². The molecule has 0 bridgehead atoms. The minimum Gasteiger partial charge on any atom is -0.497 e. The molecule has 0 unspecified atom stereocenters. The molecule has 3 rings (SSSR count). The topological polar surface area (TPSA) is 86.3 Å². The van der Waals surface area contributed by atoms with Crippen LogP contribution in [0.25, 0.3) is 5.57 Å². The lowest BCUT2D eigenvalue weighted by Gasteiger charge is -2.16. The van der Waals surface area contributed by atoms with Crippen LogP contribution < -0.4 is 19.5 Å². The number of nitrogens with zero attached hydrogens (tertiary/aromatic N) is 1. The minimum atomic E-state index is -0.398. The number of carbonyl (C=O) groups excluding carboxylic acids is 2. The molecule has 33 heavy (non-hydrogen) atoms. The van der Waals surface area contributed by atoms with Crippen molar-refractivity contribution in [3.63, 3.8) is 0 Å². The second-order valence-electron chi connectivity index (χ2n) is 7.21. The zero-order valence-corrected chi connectivity index (χ0v) is 19.5. The third kappa shape index (κ3) is 5.46. The molecule has 1 N–H and O–H groups in total. The summed E-state index contributed by atoms with van der Waals surface area (Å²) in [4.78, 5) is 27.9. The molecule has 176 valence electrons. The molecule has 2 amide bonds. The molecule has 0 saturated heterocycles. The van der Waals surface area contributed by atoms with Gasteiger partial charge in [0.25, 0.3) is 11.8 Å². The van der Waals surface area contributed by atoms with Crippen LogP contribution in [0.3, 0.4) is 0 Å². The molecule has 0 aromatic heterocycles. The third-order valence-electron chi connectivity index (χ3n) is 5.16. The molecule has 0 spiro atoms. The van der Waals surface area contributed by atoms with E-state index in [1.54, 1.807) is 49.6 Å². The van der Waals surface area contributed by atoms with Gasteiger partial charge in [0.05, 0.1) is 32.1 Å². The summed E-state index contributed by atoms with van der Waals surface area (Å²) in [6, 6.07) is 12.3. The van der Waals surface area contributed by atoms with Gasteiger partial charge in [0, 0.05) is 25.8 Å². The summed E-state index contributed by atoms with van der Waals surface area (Å²) < 4.78 is 21.6. The summed E-state index contributed by atoms with van der Waals surface area (Å²) >= 11 is 0. The number of benzene rings is 2. The number of amides is 2. The number of nitrogens with one attached hydrogen (secondary N) is 1. The number of rotatable bonds is 12. The Bertz CT molecular complexity index is 1020. The largest absolute Gasteiger partial charge is 0.497 e. The fourth-order valence-electron chi connectivity index (χ4n) is 3.56. The van der Waals surface area contributed by atoms with E-state index in [0.29, 0.717) is 60.3 Å². The van der Waals surface area contributed by atoms with Gasteiger partial charge < -0.3 is 24.3 Å². The van der Waals surface area contributed by atoms with Crippen LogP contribution in [0.15, 0.2) is 48.2 Å². The van der Waals surface area contributed by atoms with E-state index in [1.807, 2.05) is 13.8 Å². The monoisotopic (exact) mass is 454 g/mol. The van der Waals surface area contributed by atoms with Gasteiger partial charge in [-0.15, -0.1) is 0 Å². The van der Waals surface area contributed by atoms with Crippen LogP contribution >= 0.6 is 0 Å². The molecule has 0 saturated carbocycles. The second kappa shape index (κ2) is 11.4. The maximum Gasteiger partial charge on any atom is 0.278 e. The van der Waals surface area contributed by atoms with Gasteiger partial charge in [0.15, 0.2) is 0 Å². The maximum atomic E-state index is 13.3. The molecule has 2 aromatic carbocycles. The number of imide groups is 1. The van der Waals surface area contributed by atoms with E-state index in [0.717, 1.165) is 0 Å². The van der Waals surface area contributed by atoms with Crippen molar-refractivity contribution in [2.24, 2.45) is 0 Å². The molecule has 1 heterocycles. The van der Waals surface area contributed by atoms with Gasteiger partial charge in [-0.1, -0.05) is 12.1 Å². The van der Waals surface area contributed by atoms with Crippen molar-refractivity contribution in [3.05, 3.63) is 53.7 Å². The van der Waals surface area contributed by atoms with Crippen molar-refractivity contribution < 1.29 is 28.5 Å². The van der Waals surface area contributed by atoms with Gasteiger partial charge in [-0.2, -0.15) is 0 Å². The van der Waals surface area contributed by atoms with Gasteiger partial charge in [0.2, 0.25) is 0 Å².